The molecule has 0 saturated carbocycles. The SMILES string of the molecule is Cc1cc2cc-2c1.O=[N+]([O-])c1cnoc1. The van der Waals surface area contributed by atoms with Crippen molar-refractivity contribution in [1.82, 2.24) is 5.16 Å². The molecule has 15 heavy (non-hydrogen) atoms. The lowest BCUT2D eigenvalue weighted by atomic mass is 10.4. The summed E-state index contributed by atoms with van der Waals surface area (Å²) in [6, 6.07) is 6.59. The van der Waals surface area contributed by atoms with Crippen LogP contribution >= 0.6 is 0 Å². The number of aromatic nitrogens is 1. The van der Waals surface area contributed by atoms with Crippen LogP contribution in [0.4, 0.5) is 5.69 Å². The Morgan fingerprint density at radius 1 is 1.33 bits per heavy atom. The van der Waals surface area contributed by atoms with Crippen LogP contribution in [0.3, 0.4) is 0 Å². The highest BCUT2D eigenvalue weighted by molar-refractivity contribution is 5.82. The van der Waals surface area contributed by atoms with E-state index in [1.165, 1.54) is 16.7 Å². The summed E-state index contributed by atoms with van der Waals surface area (Å²) in [4.78, 5) is 9.19. The molecule has 0 fully saturated rings. The summed E-state index contributed by atoms with van der Waals surface area (Å²) in [5.74, 6) is 0. The van der Waals surface area contributed by atoms with E-state index in [4.69, 9.17) is 0 Å². The van der Waals surface area contributed by atoms with Crippen molar-refractivity contribution in [1.29, 1.82) is 0 Å². The normalized spacial score (nSPS) is 10.2. The van der Waals surface area contributed by atoms with Gasteiger partial charge in [0.15, 0.2) is 0 Å². The average molecular weight is 204 g/mol. The van der Waals surface area contributed by atoms with E-state index in [1.807, 2.05) is 0 Å². The summed E-state index contributed by atoms with van der Waals surface area (Å²) in [5, 5.41) is 12.9. The van der Waals surface area contributed by atoms with Crippen LogP contribution in [0.25, 0.3) is 11.1 Å². The van der Waals surface area contributed by atoms with Crippen molar-refractivity contribution in [2.75, 3.05) is 0 Å². The second-order valence-corrected chi connectivity index (χ2v) is 3.23. The van der Waals surface area contributed by atoms with Crippen LogP contribution in [0.5, 0.6) is 0 Å². The van der Waals surface area contributed by atoms with Crippen LogP contribution in [0.2, 0.25) is 0 Å². The van der Waals surface area contributed by atoms with Gasteiger partial charge in [-0.15, -0.1) is 0 Å². The Bertz CT molecular complexity index is 471. The van der Waals surface area contributed by atoms with Crippen molar-refractivity contribution in [2.24, 2.45) is 0 Å². The van der Waals surface area contributed by atoms with E-state index in [9.17, 15) is 10.1 Å². The smallest absolute Gasteiger partial charge is 0.328 e. The number of benzene rings is 1. The number of hydrogen-bond acceptors (Lipinski definition) is 4. The number of fused-ring (bicyclic) bond motifs is 1. The maximum Gasteiger partial charge on any atom is 0.328 e. The summed E-state index contributed by atoms with van der Waals surface area (Å²) in [5.41, 5.74) is 4.16. The second kappa shape index (κ2) is 3.53. The lowest BCUT2D eigenvalue weighted by Gasteiger charge is -1.74. The van der Waals surface area contributed by atoms with Crippen molar-refractivity contribution < 1.29 is 9.45 Å². The molecule has 1 aromatic heterocycles. The first-order chi connectivity index (χ1) is 7.16. The molecule has 3 rings (SSSR count). The van der Waals surface area contributed by atoms with Crippen LogP contribution in [0, 0.1) is 17.0 Å². The van der Waals surface area contributed by atoms with Crippen molar-refractivity contribution >= 4 is 5.69 Å². The molecule has 0 bridgehead atoms. The minimum atomic E-state index is -0.573. The Morgan fingerprint density at radius 2 is 2.00 bits per heavy atom. The van der Waals surface area contributed by atoms with E-state index < -0.39 is 4.92 Å². The van der Waals surface area contributed by atoms with Gasteiger partial charge in [-0.05, 0) is 29.7 Å². The first-order valence-electron chi connectivity index (χ1n) is 4.32. The molecule has 0 radical (unpaired) electrons. The highest BCUT2D eigenvalue weighted by Crippen LogP contribution is 2.35. The average Bonchev–Trinajstić information content (AvgIpc) is 2.70. The van der Waals surface area contributed by atoms with Gasteiger partial charge in [0, 0.05) is 0 Å². The Labute approximate surface area is 85.5 Å². The molecular weight excluding hydrogens is 196 g/mol. The molecule has 0 aliphatic heterocycles. The summed E-state index contributed by atoms with van der Waals surface area (Å²) >= 11 is 0. The molecule has 5 nitrogen and oxygen atoms in total. The number of nitro groups is 1. The van der Waals surface area contributed by atoms with E-state index in [2.05, 4.69) is 34.8 Å². The fraction of sp³-hybridized carbons (Fsp3) is 0.100. The molecule has 0 N–H and O–H groups in total. The zero-order valence-corrected chi connectivity index (χ0v) is 8.01. The molecule has 1 heterocycles. The molecular formula is C10H8N2O3. The fourth-order valence-electron chi connectivity index (χ4n) is 1.20. The zero-order valence-electron chi connectivity index (χ0n) is 8.01. The first-order valence-corrected chi connectivity index (χ1v) is 4.32. The third-order valence-corrected chi connectivity index (χ3v) is 1.96. The fourth-order valence-corrected chi connectivity index (χ4v) is 1.20. The standard InChI is InChI=1S/C7H6.C3H2N2O3/c1-5-2-6-4-7(6)3-5;6-5(7)3-1-4-8-2-3/h2-4H,1H3;1-2H. The molecule has 0 saturated heterocycles. The number of rotatable bonds is 1. The molecule has 1 aromatic rings. The summed E-state index contributed by atoms with van der Waals surface area (Å²) < 4.78 is 4.18. The number of nitrogens with zero attached hydrogens (tertiary/aromatic N) is 2. The van der Waals surface area contributed by atoms with Gasteiger partial charge < -0.3 is 4.52 Å². The predicted octanol–water partition coefficient (Wildman–Crippen LogP) is 2.56. The first kappa shape index (κ1) is 9.39. The monoisotopic (exact) mass is 204 g/mol. The Kier molecular flexibility index (Phi) is 2.21. The number of hydrogen-bond donors (Lipinski definition) is 0. The third-order valence-electron chi connectivity index (χ3n) is 1.96. The molecule has 2 aliphatic carbocycles. The lowest BCUT2D eigenvalue weighted by molar-refractivity contribution is -0.385. The van der Waals surface area contributed by atoms with Crippen molar-refractivity contribution in [3.05, 3.63) is 46.3 Å². The lowest BCUT2D eigenvalue weighted by Crippen LogP contribution is -1.82. The highest BCUT2D eigenvalue weighted by atomic mass is 16.6. The van der Waals surface area contributed by atoms with Crippen molar-refractivity contribution in [3.8, 4) is 11.1 Å². The molecule has 0 unspecified atom stereocenters. The maximum absolute atomic E-state index is 9.77. The maximum atomic E-state index is 9.77. The van der Waals surface area contributed by atoms with Crippen LogP contribution < -0.4 is 0 Å². The van der Waals surface area contributed by atoms with E-state index >= 15 is 0 Å². The van der Waals surface area contributed by atoms with Crippen LogP contribution in [-0.4, -0.2) is 10.1 Å². The third kappa shape index (κ3) is 2.19. The van der Waals surface area contributed by atoms with Crippen LogP contribution in [0.15, 0.2) is 35.2 Å². The van der Waals surface area contributed by atoms with Gasteiger partial charge in [-0.25, -0.2) is 0 Å². The zero-order chi connectivity index (χ0) is 10.8. The summed E-state index contributed by atoms with van der Waals surface area (Å²) in [6.07, 6.45) is 2.01. The van der Waals surface area contributed by atoms with Gasteiger partial charge >= 0.3 is 5.69 Å². The van der Waals surface area contributed by atoms with Gasteiger partial charge in [0.25, 0.3) is 0 Å². The van der Waals surface area contributed by atoms with Gasteiger partial charge in [-0.2, -0.15) is 0 Å². The second-order valence-electron chi connectivity index (χ2n) is 3.23. The Morgan fingerprint density at radius 3 is 2.27 bits per heavy atom. The molecule has 0 amide bonds. The van der Waals surface area contributed by atoms with Crippen molar-refractivity contribution in [3.63, 3.8) is 0 Å². The largest absolute Gasteiger partial charge is 0.357 e. The summed E-state index contributed by atoms with van der Waals surface area (Å²) in [6.45, 7) is 2.12. The predicted molar refractivity (Wildman–Crippen MR) is 53.3 cm³/mol. The van der Waals surface area contributed by atoms with Gasteiger partial charge in [0.1, 0.15) is 6.20 Å². The molecule has 2 aliphatic rings. The minimum absolute atomic E-state index is 0.120. The Balaban J connectivity index is 0.000000114. The molecule has 0 spiro atoms. The van der Waals surface area contributed by atoms with E-state index in [-0.39, 0.29) is 5.69 Å². The topological polar surface area (TPSA) is 69.2 Å². The molecule has 5 heteroatoms. The van der Waals surface area contributed by atoms with Crippen molar-refractivity contribution in [2.45, 2.75) is 6.92 Å². The molecule has 76 valence electrons. The van der Waals surface area contributed by atoms with E-state index in [0.29, 0.717) is 0 Å². The van der Waals surface area contributed by atoms with Gasteiger partial charge in [0.2, 0.25) is 6.26 Å². The highest BCUT2D eigenvalue weighted by Gasteiger charge is 2.10. The minimum Gasteiger partial charge on any atom is -0.357 e. The van der Waals surface area contributed by atoms with E-state index in [1.54, 1.807) is 0 Å². The Hall–Kier alpha value is -2.17. The number of aryl methyl sites for hydroxylation is 1. The van der Waals surface area contributed by atoms with E-state index in [0.717, 1.165) is 12.5 Å². The quantitative estimate of drug-likeness (QED) is 0.451. The van der Waals surface area contributed by atoms with Gasteiger partial charge in [0.05, 0.1) is 4.92 Å². The molecule has 0 atom stereocenters. The summed E-state index contributed by atoms with van der Waals surface area (Å²) in [7, 11) is 0. The molecule has 0 aromatic carbocycles. The van der Waals surface area contributed by atoms with Gasteiger partial charge in [-0.1, -0.05) is 17.3 Å². The van der Waals surface area contributed by atoms with Crippen LogP contribution in [-0.2, 0) is 0 Å². The van der Waals surface area contributed by atoms with Gasteiger partial charge in [-0.3, -0.25) is 10.1 Å². The van der Waals surface area contributed by atoms with Crippen LogP contribution in [0.1, 0.15) is 5.56 Å².